The van der Waals surface area contributed by atoms with Gasteiger partial charge in [0.15, 0.2) is 0 Å². The van der Waals surface area contributed by atoms with Crippen molar-refractivity contribution in [2.75, 3.05) is 41.0 Å². The van der Waals surface area contributed by atoms with Gasteiger partial charge in [-0.3, -0.25) is 9.69 Å². The van der Waals surface area contributed by atoms with Crippen molar-refractivity contribution in [2.24, 2.45) is 11.0 Å². The predicted octanol–water partition coefficient (Wildman–Crippen LogP) is 5.34. The highest BCUT2D eigenvalue weighted by Crippen LogP contribution is 2.37. The quantitative estimate of drug-likeness (QED) is 0.376. The van der Waals surface area contributed by atoms with Crippen molar-refractivity contribution >= 4 is 11.6 Å². The molecule has 0 aromatic heterocycles. The number of piperidine rings is 1. The third-order valence-electron chi connectivity index (χ3n) is 7.82. The second-order valence-corrected chi connectivity index (χ2v) is 10.3. The third kappa shape index (κ3) is 6.25. The van der Waals surface area contributed by atoms with Crippen LogP contribution in [-0.4, -0.2) is 62.5 Å². The number of carbonyl (C=O) groups is 1. The molecule has 0 bridgehead atoms. The summed E-state index contributed by atoms with van der Waals surface area (Å²) >= 11 is 0. The highest BCUT2D eigenvalue weighted by molar-refractivity contribution is 6.05. The van der Waals surface area contributed by atoms with E-state index in [4.69, 9.17) is 19.3 Å². The number of methoxy groups -OCH3 is 3. The molecule has 1 atom stereocenters. The van der Waals surface area contributed by atoms with Crippen LogP contribution < -0.4 is 14.2 Å². The topological polar surface area (TPSA) is 63.6 Å². The summed E-state index contributed by atoms with van der Waals surface area (Å²) in [5.41, 5.74) is 4.11. The molecule has 1 amide bonds. The van der Waals surface area contributed by atoms with Crippen molar-refractivity contribution < 1.29 is 19.0 Å². The monoisotopic (exact) mass is 527 g/mol. The van der Waals surface area contributed by atoms with E-state index in [2.05, 4.69) is 35.2 Å². The summed E-state index contributed by atoms with van der Waals surface area (Å²) in [5.74, 6) is 2.84. The number of benzene rings is 3. The summed E-state index contributed by atoms with van der Waals surface area (Å²) in [6, 6.07) is 24.1. The Hall–Kier alpha value is -3.84. The van der Waals surface area contributed by atoms with Crippen LogP contribution in [0.5, 0.6) is 17.2 Å². The Morgan fingerprint density at radius 1 is 0.872 bits per heavy atom. The molecule has 1 saturated heterocycles. The Morgan fingerprint density at radius 2 is 1.56 bits per heavy atom. The van der Waals surface area contributed by atoms with E-state index in [1.54, 1.807) is 26.3 Å². The number of hydrogen-bond acceptors (Lipinski definition) is 6. The molecular weight excluding hydrogens is 490 g/mol. The van der Waals surface area contributed by atoms with Gasteiger partial charge in [-0.15, -0.1) is 0 Å². The molecule has 0 aliphatic carbocycles. The largest absolute Gasteiger partial charge is 0.497 e. The first-order valence-electron chi connectivity index (χ1n) is 13.6. The number of carbonyl (C=O) groups excluding carboxylic acids is 1. The minimum atomic E-state index is -0.194. The van der Waals surface area contributed by atoms with Crippen LogP contribution in [0.15, 0.2) is 77.9 Å². The van der Waals surface area contributed by atoms with E-state index >= 15 is 0 Å². The van der Waals surface area contributed by atoms with Crippen LogP contribution in [0.4, 0.5) is 0 Å². The van der Waals surface area contributed by atoms with Gasteiger partial charge >= 0.3 is 0 Å². The van der Waals surface area contributed by atoms with Gasteiger partial charge in [-0.25, -0.2) is 5.01 Å². The van der Waals surface area contributed by atoms with Crippen LogP contribution in [0.25, 0.3) is 0 Å². The predicted molar refractivity (Wildman–Crippen MR) is 153 cm³/mol. The normalized spacial score (nSPS) is 18.1. The SMILES string of the molecule is COc1ccc(C2CC(c3ccc(OC)cc3OC)=NN2C(=O)CN2CCC(Cc3ccccc3)CC2)cc1. The van der Waals surface area contributed by atoms with E-state index in [1.165, 1.54) is 5.56 Å². The number of nitrogens with zero attached hydrogens (tertiary/aromatic N) is 3. The van der Waals surface area contributed by atoms with Gasteiger partial charge in [-0.2, -0.15) is 5.10 Å². The summed E-state index contributed by atoms with van der Waals surface area (Å²) in [4.78, 5) is 16.0. The number of ether oxygens (including phenoxy) is 3. The first-order chi connectivity index (χ1) is 19.1. The standard InChI is InChI=1S/C32H37N3O4/c1-37-26-11-9-25(10-12-26)30-21-29(28-14-13-27(38-2)20-31(28)39-3)33-35(30)32(36)22-34-17-15-24(16-18-34)19-23-7-5-4-6-8-23/h4-14,20,24,30H,15-19,21-22H2,1-3H3. The average molecular weight is 528 g/mol. The molecule has 0 N–H and O–H groups in total. The maximum absolute atomic E-state index is 13.7. The summed E-state index contributed by atoms with van der Waals surface area (Å²) in [5, 5.41) is 6.56. The first-order valence-corrected chi connectivity index (χ1v) is 13.6. The molecule has 0 spiro atoms. The van der Waals surface area contributed by atoms with Crippen molar-refractivity contribution in [2.45, 2.75) is 31.7 Å². The van der Waals surface area contributed by atoms with Gasteiger partial charge in [-0.05, 0) is 73.7 Å². The maximum Gasteiger partial charge on any atom is 0.257 e. The molecule has 204 valence electrons. The number of likely N-dealkylation sites (tertiary alicyclic amines) is 1. The Labute approximate surface area is 231 Å². The van der Waals surface area contributed by atoms with Crippen molar-refractivity contribution in [3.05, 3.63) is 89.5 Å². The van der Waals surface area contributed by atoms with Crippen LogP contribution in [-0.2, 0) is 11.2 Å². The molecule has 7 nitrogen and oxygen atoms in total. The smallest absolute Gasteiger partial charge is 0.257 e. The maximum atomic E-state index is 13.7. The number of rotatable bonds is 9. The van der Waals surface area contributed by atoms with Gasteiger partial charge in [0.1, 0.15) is 17.2 Å². The molecule has 2 heterocycles. The zero-order valence-corrected chi connectivity index (χ0v) is 23.0. The van der Waals surface area contributed by atoms with Gasteiger partial charge in [0, 0.05) is 18.1 Å². The van der Waals surface area contributed by atoms with E-state index in [-0.39, 0.29) is 11.9 Å². The van der Waals surface area contributed by atoms with E-state index < -0.39 is 0 Å². The van der Waals surface area contributed by atoms with Gasteiger partial charge in [-0.1, -0.05) is 42.5 Å². The molecule has 1 fully saturated rings. The fraction of sp³-hybridized carbons (Fsp3) is 0.375. The van der Waals surface area contributed by atoms with Crippen molar-refractivity contribution in [3.8, 4) is 17.2 Å². The lowest BCUT2D eigenvalue weighted by atomic mass is 9.90. The number of hydrogen-bond donors (Lipinski definition) is 0. The minimum Gasteiger partial charge on any atom is -0.497 e. The molecule has 2 aliphatic heterocycles. The van der Waals surface area contributed by atoms with Crippen LogP contribution in [0.2, 0.25) is 0 Å². The highest BCUT2D eigenvalue weighted by atomic mass is 16.5. The molecule has 5 rings (SSSR count). The number of amides is 1. The number of hydrazone groups is 1. The molecule has 1 unspecified atom stereocenters. The minimum absolute atomic E-state index is 0.0137. The van der Waals surface area contributed by atoms with Gasteiger partial charge < -0.3 is 14.2 Å². The zero-order chi connectivity index (χ0) is 27.2. The highest BCUT2D eigenvalue weighted by Gasteiger charge is 2.35. The van der Waals surface area contributed by atoms with Crippen LogP contribution in [0, 0.1) is 5.92 Å². The molecule has 7 heteroatoms. The van der Waals surface area contributed by atoms with Gasteiger partial charge in [0.25, 0.3) is 5.91 Å². The van der Waals surface area contributed by atoms with Crippen molar-refractivity contribution in [1.29, 1.82) is 0 Å². The molecule has 39 heavy (non-hydrogen) atoms. The molecule has 0 saturated carbocycles. The second kappa shape index (κ2) is 12.3. The lowest BCUT2D eigenvalue weighted by molar-refractivity contribution is -0.134. The van der Waals surface area contributed by atoms with E-state index in [9.17, 15) is 4.79 Å². The molecule has 3 aromatic carbocycles. The molecule has 3 aromatic rings. The summed E-state index contributed by atoms with van der Waals surface area (Å²) in [6.45, 7) is 2.21. The third-order valence-corrected chi connectivity index (χ3v) is 7.82. The fourth-order valence-electron chi connectivity index (χ4n) is 5.59. The van der Waals surface area contributed by atoms with Crippen LogP contribution >= 0.6 is 0 Å². The first kappa shape index (κ1) is 26.8. The zero-order valence-electron chi connectivity index (χ0n) is 23.0. The fourth-order valence-corrected chi connectivity index (χ4v) is 5.59. The molecule has 0 radical (unpaired) electrons. The molecular formula is C32H37N3O4. The Balaban J connectivity index is 1.31. The lowest BCUT2D eigenvalue weighted by Crippen LogP contribution is -2.42. The van der Waals surface area contributed by atoms with E-state index in [0.29, 0.717) is 30.4 Å². The summed E-state index contributed by atoms with van der Waals surface area (Å²) in [7, 11) is 4.92. The summed E-state index contributed by atoms with van der Waals surface area (Å²) < 4.78 is 16.4. The van der Waals surface area contributed by atoms with Crippen LogP contribution in [0.1, 0.15) is 42.0 Å². The Bertz CT molecular complexity index is 1280. The molecule has 2 aliphatic rings. The Morgan fingerprint density at radius 3 is 2.23 bits per heavy atom. The van der Waals surface area contributed by atoms with E-state index in [0.717, 1.165) is 54.9 Å². The second-order valence-electron chi connectivity index (χ2n) is 10.3. The van der Waals surface area contributed by atoms with Crippen molar-refractivity contribution in [3.63, 3.8) is 0 Å². The lowest BCUT2D eigenvalue weighted by Gasteiger charge is -2.33. The van der Waals surface area contributed by atoms with Gasteiger partial charge in [0.05, 0.1) is 39.6 Å². The van der Waals surface area contributed by atoms with Crippen molar-refractivity contribution in [1.82, 2.24) is 9.91 Å². The summed E-state index contributed by atoms with van der Waals surface area (Å²) in [6.07, 6.45) is 3.90. The van der Waals surface area contributed by atoms with E-state index in [1.807, 2.05) is 42.5 Å². The Kier molecular flexibility index (Phi) is 8.47. The average Bonchev–Trinajstić information content (AvgIpc) is 3.44. The van der Waals surface area contributed by atoms with Crippen LogP contribution in [0.3, 0.4) is 0 Å². The van der Waals surface area contributed by atoms with Gasteiger partial charge in [0.2, 0.25) is 0 Å².